The molecule has 0 saturated carbocycles. The number of hydrogen-bond donors (Lipinski definition) is 2. The van der Waals surface area contributed by atoms with Crippen molar-refractivity contribution >= 4 is 40.4 Å². The maximum absolute atomic E-state index is 14.2. The second-order valence-electron chi connectivity index (χ2n) is 10.2. The number of hydrazine groups is 1. The van der Waals surface area contributed by atoms with Crippen LogP contribution in [0.5, 0.6) is 0 Å². The molecule has 1 unspecified atom stereocenters. The molecule has 4 nitrogen and oxygen atoms in total. The lowest BCUT2D eigenvalue weighted by Gasteiger charge is -2.21. The van der Waals surface area contributed by atoms with E-state index < -0.39 is 0 Å². The van der Waals surface area contributed by atoms with Crippen LogP contribution >= 0.6 is 12.4 Å². The Labute approximate surface area is 229 Å². The molecule has 0 aliphatic carbocycles. The van der Waals surface area contributed by atoms with Gasteiger partial charge in [-0.1, -0.05) is 67.9 Å². The number of amides is 1. The van der Waals surface area contributed by atoms with Gasteiger partial charge in [-0.3, -0.25) is 15.6 Å². The minimum absolute atomic E-state index is 0. The Hall–Kier alpha value is -3.83. The van der Waals surface area contributed by atoms with Gasteiger partial charge in [0, 0.05) is 23.5 Å². The van der Waals surface area contributed by atoms with E-state index in [0.717, 1.165) is 45.2 Å². The van der Waals surface area contributed by atoms with Gasteiger partial charge >= 0.3 is 0 Å². The Morgan fingerprint density at radius 2 is 1.66 bits per heavy atom. The van der Waals surface area contributed by atoms with Crippen LogP contribution in [-0.4, -0.2) is 10.3 Å². The monoisotopic (exact) mass is 529 g/mol. The van der Waals surface area contributed by atoms with Crippen molar-refractivity contribution in [1.29, 1.82) is 0 Å². The SMILES string of the molecule is Cc1cc(C)c2c(c1)c(Cc1ccc(C(C(=O)NNc3ccccc3)C(C)C)cc1)c1ccc(F)cn12.Cl. The van der Waals surface area contributed by atoms with Gasteiger partial charge < -0.3 is 4.40 Å². The molecule has 6 heteroatoms. The van der Waals surface area contributed by atoms with Gasteiger partial charge in [0.05, 0.1) is 17.1 Å². The lowest BCUT2D eigenvalue weighted by Crippen LogP contribution is -2.36. The summed E-state index contributed by atoms with van der Waals surface area (Å²) >= 11 is 0. The quantitative estimate of drug-likeness (QED) is 0.212. The van der Waals surface area contributed by atoms with Crippen molar-refractivity contribution in [2.75, 3.05) is 5.43 Å². The molecular weight excluding hydrogens is 497 g/mol. The third kappa shape index (κ3) is 5.39. The van der Waals surface area contributed by atoms with E-state index in [2.05, 4.69) is 74.9 Å². The van der Waals surface area contributed by atoms with E-state index >= 15 is 0 Å². The molecule has 0 saturated heterocycles. The highest BCUT2D eigenvalue weighted by molar-refractivity contribution is 5.95. The maximum atomic E-state index is 14.2. The van der Waals surface area contributed by atoms with E-state index in [1.165, 1.54) is 17.2 Å². The highest BCUT2D eigenvalue weighted by Crippen LogP contribution is 2.33. The Morgan fingerprint density at radius 3 is 2.34 bits per heavy atom. The minimum atomic E-state index is -0.283. The van der Waals surface area contributed by atoms with Crippen molar-refractivity contribution in [3.63, 3.8) is 0 Å². The second kappa shape index (κ2) is 11.3. The summed E-state index contributed by atoms with van der Waals surface area (Å²) in [6.45, 7) is 8.29. The van der Waals surface area contributed by atoms with Crippen LogP contribution < -0.4 is 10.9 Å². The number of fused-ring (bicyclic) bond motifs is 3. The Bertz CT molecular complexity index is 1580. The van der Waals surface area contributed by atoms with Gasteiger partial charge in [0.25, 0.3) is 0 Å². The van der Waals surface area contributed by atoms with Crippen LogP contribution in [0, 0.1) is 25.6 Å². The first kappa shape index (κ1) is 27.2. The zero-order valence-corrected chi connectivity index (χ0v) is 22.9. The first-order valence-electron chi connectivity index (χ1n) is 12.7. The lowest BCUT2D eigenvalue weighted by atomic mass is 9.87. The van der Waals surface area contributed by atoms with Crippen molar-refractivity contribution < 1.29 is 9.18 Å². The van der Waals surface area contributed by atoms with Gasteiger partial charge in [0.1, 0.15) is 5.82 Å². The van der Waals surface area contributed by atoms with Crippen LogP contribution in [0.25, 0.3) is 16.4 Å². The molecule has 0 bridgehead atoms. The molecular formula is C32H33ClFN3O. The largest absolute Gasteiger partial charge is 0.313 e. The molecule has 0 aliphatic heterocycles. The van der Waals surface area contributed by atoms with E-state index in [0.29, 0.717) is 0 Å². The normalized spacial score (nSPS) is 11.9. The number of carbonyl (C=O) groups excluding carboxylic acids is 1. The number of nitrogens with one attached hydrogen (secondary N) is 2. The van der Waals surface area contributed by atoms with Crippen LogP contribution in [0.3, 0.4) is 0 Å². The summed E-state index contributed by atoms with van der Waals surface area (Å²) in [6, 6.07) is 25.6. The molecule has 2 aromatic heterocycles. The average Bonchev–Trinajstić information content (AvgIpc) is 3.16. The lowest BCUT2D eigenvalue weighted by molar-refractivity contribution is -0.123. The Kier molecular flexibility index (Phi) is 8.08. The number of rotatable bonds is 7. The number of para-hydroxylation sites is 1. The molecule has 0 fully saturated rings. The fourth-order valence-electron chi connectivity index (χ4n) is 5.36. The van der Waals surface area contributed by atoms with Gasteiger partial charge in [0.2, 0.25) is 5.91 Å². The molecule has 2 N–H and O–H groups in total. The second-order valence-corrected chi connectivity index (χ2v) is 10.2. The first-order valence-corrected chi connectivity index (χ1v) is 12.7. The van der Waals surface area contributed by atoms with Crippen molar-refractivity contribution in [1.82, 2.24) is 9.83 Å². The smallest absolute Gasteiger partial charge is 0.246 e. The summed E-state index contributed by atoms with van der Waals surface area (Å²) in [6.07, 6.45) is 2.29. The van der Waals surface area contributed by atoms with Gasteiger partial charge in [-0.25, -0.2) is 4.39 Å². The third-order valence-corrected chi connectivity index (χ3v) is 7.01. The molecule has 1 atom stereocenters. The number of nitrogens with zero attached hydrogens (tertiary/aromatic N) is 1. The van der Waals surface area contributed by atoms with Gasteiger partial charge in [-0.15, -0.1) is 12.4 Å². The van der Waals surface area contributed by atoms with Crippen LogP contribution in [0.1, 0.15) is 47.6 Å². The molecule has 0 spiro atoms. The predicted octanol–water partition coefficient (Wildman–Crippen LogP) is 7.74. The van der Waals surface area contributed by atoms with Crippen molar-refractivity contribution in [3.05, 3.63) is 119 Å². The van der Waals surface area contributed by atoms with Crippen molar-refractivity contribution in [2.24, 2.45) is 5.92 Å². The zero-order valence-electron chi connectivity index (χ0n) is 22.1. The van der Waals surface area contributed by atoms with E-state index in [9.17, 15) is 9.18 Å². The maximum Gasteiger partial charge on any atom is 0.246 e. The Balaban J connectivity index is 0.00000336. The van der Waals surface area contributed by atoms with Gasteiger partial charge in [0.15, 0.2) is 0 Å². The molecule has 5 rings (SSSR count). The predicted molar refractivity (Wildman–Crippen MR) is 157 cm³/mol. The van der Waals surface area contributed by atoms with Crippen LogP contribution in [0.15, 0.2) is 85.1 Å². The molecule has 196 valence electrons. The number of carbonyl (C=O) groups is 1. The molecule has 0 radical (unpaired) electrons. The van der Waals surface area contributed by atoms with E-state index in [4.69, 9.17) is 0 Å². The van der Waals surface area contributed by atoms with Gasteiger partial charge in [-0.2, -0.15) is 0 Å². The zero-order chi connectivity index (χ0) is 26.1. The van der Waals surface area contributed by atoms with E-state index in [1.54, 1.807) is 6.20 Å². The number of pyridine rings is 1. The Morgan fingerprint density at radius 1 is 0.947 bits per heavy atom. The van der Waals surface area contributed by atoms with E-state index in [1.807, 2.05) is 40.8 Å². The topological polar surface area (TPSA) is 45.5 Å². The summed E-state index contributed by atoms with van der Waals surface area (Å²) in [7, 11) is 0. The fraction of sp³-hybridized carbons (Fsp3) is 0.219. The van der Waals surface area contributed by atoms with E-state index in [-0.39, 0.29) is 36.0 Å². The summed E-state index contributed by atoms with van der Waals surface area (Å²) < 4.78 is 16.1. The molecule has 1 amide bonds. The molecule has 38 heavy (non-hydrogen) atoms. The van der Waals surface area contributed by atoms with Crippen molar-refractivity contribution in [3.8, 4) is 0 Å². The van der Waals surface area contributed by atoms with Crippen LogP contribution in [0.4, 0.5) is 10.1 Å². The minimum Gasteiger partial charge on any atom is -0.313 e. The molecule has 2 heterocycles. The number of benzene rings is 3. The van der Waals surface area contributed by atoms with Crippen LogP contribution in [0.2, 0.25) is 0 Å². The standard InChI is InChI=1S/C32H32FN3O.ClH/c1-20(2)30(32(37)35-34-26-8-6-5-7-9-26)24-12-10-23(11-13-24)18-27-28-17-21(3)16-22(4)31(28)36-19-25(33)14-15-29(27)36;/h5-17,19-20,30,34H,18H2,1-4H3,(H,35,37);1H. The summed E-state index contributed by atoms with van der Waals surface area (Å²) in [4.78, 5) is 13.1. The van der Waals surface area contributed by atoms with Gasteiger partial charge in [-0.05, 0) is 72.4 Å². The number of aromatic nitrogens is 1. The molecule has 5 aromatic rings. The fourth-order valence-corrected chi connectivity index (χ4v) is 5.36. The number of hydrogen-bond acceptors (Lipinski definition) is 2. The third-order valence-electron chi connectivity index (χ3n) is 7.01. The molecule has 0 aliphatic rings. The average molecular weight is 530 g/mol. The highest BCUT2D eigenvalue weighted by atomic mass is 35.5. The summed E-state index contributed by atoms with van der Waals surface area (Å²) in [5.41, 5.74) is 14.4. The van der Waals surface area contributed by atoms with Crippen molar-refractivity contribution in [2.45, 2.75) is 40.0 Å². The first-order chi connectivity index (χ1) is 17.8. The summed E-state index contributed by atoms with van der Waals surface area (Å²) in [5.74, 6) is -0.470. The number of aryl methyl sites for hydroxylation is 2. The number of halogens is 2. The highest BCUT2D eigenvalue weighted by Gasteiger charge is 2.24. The molecule has 3 aromatic carbocycles. The van der Waals surface area contributed by atoms with Crippen LogP contribution in [-0.2, 0) is 11.2 Å². The summed E-state index contributed by atoms with van der Waals surface area (Å²) in [5, 5.41) is 1.15. The number of anilines is 1.